The fraction of sp³-hybridized carbons (Fsp3) is 0.438. The van der Waals surface area contributed by atoms with E-state index < -0.39 is 0 Å². The van der Waals surface area contributed by atoms with Gasteiger partial charge in [-0.3, -0.25) is 4.79 Å². The van der Waals surface area contributed by atoms with Crippen LogP contribution in [0.2, 0.25) is 0 Å². The molecule has 0 spiro atoms. The van der Waals surface area contributed by atoms with Gasteiger partial charge in [0.1, 0.15) is 0 Å². The normalized spacial score (nSPS) is 16.6. The molecule has 100 valence electrons. The third-order valence-corrected chi connectivity index (χ3v) is 4.11. The highest BCUT2D eigenvalue weighted by molar-refractivity contribution is 5.93. The number of ether oxygens (including phenoxy) is 1. The van der Waals surface area contributed by atoms with Crippen molar-refractivity contribution in [2.75, 3.05) is 7.11 Å². The number of aromatic nitrogens is 1. The molecule has 2 aromatic rings. The van der Waals surface area contributed by atoms with Crippen LogP contribution in [0, 0.1) is 0 Å². The number of hydrogen-bond donors (Lipinski definition) is 0. The first-order valence-electron chi connectivity index (χ1n) is 6.79. The number of benzene rings is 1. The highest BCUT2D eigenvalue weighted by atomic mass is 16.5. The largest absolute Gasteiger partial charge is 0.469 e. The predicted molar refractivity (Wildman–Crippen MR) is 75.3 cm³/mol. The zero-order valence-corrected chi connectivity index (χ0v) is 11.6. The molecule has 0 amide bonds. The summed E-state index contributed by atoms with van der Waals surface area (Å²) in [5, 5.41) is 1.26. The summed E-state index contributed by atoms with van der Waals surface area (Å²) in [5.74, 6) is 0.293. The van der Waals surface area contributed by atoms with Crippen LogP contribution >= 0.6 is 0 Å². The van der Waals surface area contributed by atoms with Crippen LogP contribution in [-0.4, -0.2) is 17.6 Å². The van der Waals surface area contributed by atoms with E-state index in [-0.39, 0.29) is 11.9 Å². The topological polar surface area (TPSA) is 31.2 Å². The van der Waals surface area contributed by atoms with E-state index >= 15 is 0 Å². The molecule has 0 aliphatic heterocycles. The van der Waals surface area contributed by atoms with Crippen LogP contribution in [0.1, 0.15) is 42.7 Å². The lowest BCUT2D eigenvalue weighted by Crippen LogP contribution is -2.10. The Morgan fingerprint density at radius 1 is 1.42 bits per heavy atom. The first-order valence-corrected chi connectivity index (χ1v) is 6.79. The van der Waals surface area contributed by atoms with E-state index in [1.807, 2.05) is 14.0 Å². The summed E-state index contributed by atoms with van der Waals surface area (Å²) in [6.45, 7) is 1.92. The van der Waals surface area contributed by atoms with Gasteiger partial charge in [0, 0.05) is 24.1 Å². The van der Waals surface area contributed by atoms with Crippen molar-refractivity contribution in [3.63, 3.8) is 0 Å². The summed E-state index contributed by atoms with van der Waals surface area (Å²) in [4.78, 5) is 11.8. The number of methoxy groups -OCH3 is 1. The molecule has 1 heterocycles. The molecule has 1 atom stereocenters. The van der Waals surface area contributed by atoms with Crippen molar-refractivity contribution < 1.29 is 9.53 Å². The maximum atomic E-state index is 11.8. The third kappa shape index (κ3) is 1.93. The van der Waals surface area contributed by atoms with Gasteiger partial charge in [-0.05, 0) is 42.9 Å². The smallest absolute Gasteiger partial charge is 0.312 e. The fourth-order valence-electron chi connectivity index (χ4n) is 2.88. The van der Waals surface area contributed by atoms with Gasteiger partial charge in [-0.15, -0.1) is 0 Å². The number of fused-ring (bicyclic) bond motifs is 1. The number of carbonyl (C=O) groups is 1. The molecule has 1 aromatic carbocycles. The zero-order valence-electron chi connectivity index (χ0n) is 11.6. The Bertz CT molecular complexity index is 637. The van der Waals surface area contributed by atoms with Crippen LogP contribution in [0.5, 0.6) is 0 Å². The zero-order chi connectivity index (χ0) is 13.6. The number of esters is 1. The highest BCUT2D eigenvalue weighted by Crippen LogP contribution is 2.45. The van der Waals surface area contributed by atoms with Crippen LogP contribution in [0.4, 0.5) is 0 Å². The maximum absolute atomic E-state index is 11.8. The van der Waals surface area contributed by atoms with Gasteiger partial charge in [0.25, 0.3) is 0 Å². The van der Waals surface area contributed by atoms with Crippen molar-refractivity contribution in [2.24, 2.45) is 7.05 Å². The van der Waals surface area contributed by atoms with E-state index in [2.05, 4.69) is 29.0 Å². The van der Waals surface area contributed by atoms with Gasteiger partial charge in [-0.25, -0.2) is 0 Å². The van der Waals surface area contributed by atoms with Crippen LogP contribution in [-0.2, 0) is 16.6 Å². The van der Waals surface area contributed by atoms with Crippen molar-refractivity contribution in [2.45, 2.75) is 31.6 Å². The van der Waals surface area contributed by atoms with Crippen LogP contribution in [0.15, 0.2) is 24.4 Å². The van der Waals surface area contributed by atoms with Gasteiger partial charge in [0.2, 0.25) is 0 Å². The summed E-state index contributed by atoms with van der Waals surface area (Å²) in [7, 11) is 3.48. The SMILES string of the molecule is COC(=O)C(C)c1cn(C)c2cccc(C3CC3)c12. The number of carbonyl (C=O) groups excluding carboxylic acids is 1. The second-order valence-electron chi connectivity index (χ2n) is 5.46. The molecule has 1 unspecified atom stereocenters. The van der Waals surface area contributed by atoms with Crippen LogP contribution < -0.4 is 0 Å². The van der Waals surface area contributed by atoms with Crippen LogP contribution in [0.25, 0.3) is 10.9 Å². The molecular formula is C16H19NO2. The maximum Gasteiger partial charge on any atom is 0.312 e. The summed E-state index contributed by atoms with van der Waals surface area (Å²) in [6, 6.07) is 6.44. The van der Waals surface area contributed by atoms with Crippen molar-refractivity contribution in [1.29, 1.82) is 0 Å². The van der Waals surface area contributed by atoms with Crippen molar-refractivity contribution in [3.05, 3.63) is 35.5 Å². The van der Waals surface area contributed by atoms with E-state index in [4.69, 9.17) is 4.74 Å². The summed E-state index contributed by atoms with van der Waals surface area (Å²) in [6.07, 6.45) is 4.60. The molecule has 3 nitrogen and oxygen atoms in total. The first-order chi connectivity index (χ1) is 9.13. The highest BCUT2D eigenvalue weighted by Gasteiger charge is 2.29. The molecule has 0 saturated heterocycles. The lowest BCUT2D eigenvalue weighted by atomic mass is 9.95. The quantitative estimate of drug-likeness (QED) is 0.790. The number of nitrogens with zero attached hydrogens (tertiary/aromatic N) is 1. The molecule has 1 aromatic heterocycles. The minimum atomic E-state index is -0.214. The Morgan fingerprint density at radius 2 is 2.16 bits per heavy atom. The minimum Gasteiger partial charge on any atom is -0.469 e. The first kappa shape index (κ1) is 12.3. The number of aryl methyl sites for hydroxylation is 1. The van der Waals surface area contributed by atoms with E-state index in [9.17, 15) is 4.79 Å². The lowest BCUT2D eigenvalue weighted by molar-refractivity contribution is -0.141. The lowest BCUT2D eigenvalue weighted by Gasteiger charge is -2.10. The average molecular weight is 257 g/mol. The molecule has 1 saturated carbocycles. The van der Waals surface area contributed by atoms with Gasteiger partial charge in [-0.2, -0.15) is 0 Å². The standard InChI is InChI=1S/C16H19NO2/c1-10(16(18)19-3)13-9-17(2)14-6-4-5-12(15(13)14)11-7-8-11/h4-6,9-11H,7-8H2,1-3H3. The monoisotopic (exact) mass is 257 g/mol. The summed E-state index contributed by atoms with van der Waals surface area (Å²) < 4.78 is 7.00. The Morgan fingerprint density at radius 3 is 2.79 bits per heavy atom. The molecule has 3 rings (SSSR count). The Hall–Kier alpha value is -1.77. The molecule has 1 fully saturated rings. The minimum absolute atomic E-state index is 0.168. The van der Waals surface area contributed by atoms with Crippen molar-refractivity contribution in [3.8, 4) is 0 Å². The Labute approximate surface area is 113 Å². The molecule has 0 radical (unpaired) electrons. The molecule has 19 heavy (non-hydrogen) atoms. The molecule has 0 bridgehead atoms. The van der Waals surface area contributed by atoms with Gasteiger partial charge in [0.15, 0.2) is 0 Å². The molecule has 1 aliphatic rings. The third-order valence-electron chi connectivity index (χ3n) is 4.11. The summed E-state index contributed by atoms with van der Waals surface area (Å²) in [5.41, 5.74) is 3.69. The van der Waals surface area contributed by atoms with Gasteiger partial charge in [-0.1, -0.05) is 12.1 Å². The van der Waals surface area contributed by atoms with E-state index in [1.54, 1.807) is 0 Å². The second kappa shape index (κ2) is 4.41. The Kier molecular flexibility index (Phi) is 2.85. The molecule has 1 aliphatic carbocycles. The van der Waals surface area contributed by atoms with E-state index in [0.29, 0.717) is 5.92 Å². The molecule has 3 heteroatoms. The average Bonchev–Trinajstić information content (AvgIpc) is 3.22. The second-order valence-corrected chi connectivity index (χ2v) is 5.46. The van der Waals surface area contributed by atoms with Gasteiger partial charge in [0.05, 0.1) is 13.0 Å². The Balaban J connectivity index is 2.21. The van der Waals surface area contributed by atoms with E-state index in [1.165, 1.54) is 36.4 Å². The van der Waals surface area contributed by atoms with E-state index in [0.717, 1.165) is 5.56 Å². The van der Waals surface area contributed by atoms with Crippen molar-refractivity contribution in [1.82, 2.24) is 4.57 Å². The molecular weight excluding hydrogens is 238 g/mol. The number of hydrogen-bond acceptors (Lipinski definition) is 2. The molecule has 0 N–H and O–H groups in total. The predicted octanol–water partition coefficient (Wildman–Crippen LogP) is 3.33. The van der Waals surface area contributed by atoms with Gasteiger partial charge >= 0.3 is 5.97 Å². The number of rotatable bonds is 3. The van der Waals surface area contributed by atoms with Crippen LogP contribution in [0.3, 0.4) is 0 Å². The van der Waals surface area contributed by atoms with Gasteiger partial charge < -0.3 is 9.30 Å². The fourth-order valence-corrected chi connectivity index (χ4v) is 2.88. The van der Waals surface area contributed by atoms with Crippen molar-refractivity contribution >= 4 is 16.9 Å². The summed E-state index contributed by atoms with van der Waals surface area (Å²) >= 11 is 0.